The van der Waals surface area contributed by atoms with Crippen LogP contribution in [0.15, 0.2) is 24.3 Å². The van der Waals surface area contributed by atoms with Crippen molar-refractivity contribution in [2.45, 2.75) is 38.1 Å². The standard InChI is InChI=1S/C19H26ClN3O2/c20-16-6-2-1-4-14(16)12-18(24)22-8-10-23(11-9-22)19(25)13-15-5-3-7-17(15)21/h1-2,4,6,15,17H,3,5,7-13,21H2/t15-,17+/m0/s1. The molecule has 2 fully saturated rings. The Labute approximate surface area is 154 Å². The van der Waals surface area contributed by atoms with E-state index < -0.39 is 0 Å². The van der Waals surface area contributed by atoms with Gasteiger partial charge in [-0.25, -0.2) is 0 Å². The number of nitrogens with zero attached hydrogens (tertiary/aromatic N) is 2. The molecule has 136 valence electrons. The Morgan fingerprint density at radius 1 is 1.04 bits per heavy atom. The Morgan fingerprint density at radius 3 is 2.28 bits per heavy atom. The number of hydrogen-bond acceptors (Lipinski definition) is 3. The van der Waals surface area contributed by atoms with E-state index in [1.807, 2.05) is 28.0 Å². The molecule has 1 heterocycles. The molecule has 2 N–H and O–H groups in total. The third-order valence-electron chi connectivity index (χ3n) is 5.44. The van der Waals surface area contributed by atoms with Gasteiger partial charge in [0.05, 0.1) is 6.42 Å². The van der Waals surface area contributed by atoms with Crippen molar-refractivity contribution in [3.05, 3.63) is 34.9 Å². The minimum Gasteiger partial charge on any atom is -0.339 e. The number of amides is 2. The first-order valence-electron chi connectivity index (χ1n) is 9.09. The highest BCUT2D eigenvalue weighted by atomic mass is 35.5. The molecule has 1 aromatic carbocycles. The molecule has 1 aromatic rings. The van der Waals surface area contributed by atoms with E-state index in [9.17, 15) is 9.59 Å². The summed E-state index contributed by atoms with van der Waals surface area (Å²) < 4.78 is 0. The van der Waals surface area contributed by atoms with E-state index in [0.29, 0.717) is 50.0 Å². The van der Waals surface area contributed by atoms with E-state index in [1.165, 1.54) is 0 Å². The largest absolute Gasteiger partial charge is 0.339 e. The molecule has 2 atom stereocenters. The van der Waals surface area contributed by atoms with Crippen LogP contribution in [0.3, 0.4) is 0 Å². The highest BCUT2D eigenvalue weighted by Crippen LogP contribution is 2.27. The number of benzene rings is 1. The predicted molar refractivity (Wildman–Crippen MR) is 98.2 cm³/mol. The van der Waals surface area contributed by atoms with Crippen LogP contribution in [0.4, 0.5) is 0 Å². The Kier molecular flexibility index (Phi) is 5.97. The van der Waals surface area contributed by atoms with E-state index in [1.54, 1.807) is 6.07 Å². The van der Waals surface area contributed by atoms with E-state index in [4.69, 9.17) is 17.3 Å². The molecule has 1 aliphatic heterocycles. The van der Waals surface area contributed by atoms with Crippen LogP contribution in [0, 0.1) is 5.92 Å². The number of halogens is 1. The Bertz CT molecular complexity index is 629. The molecule has 0 aromatic heterocycles. The van der Waals surface area contributed by atoms with Gasteiger partial charge in [-0.05, 0) is 30.4 Å². The van der Waals surface area contributed by atoms with Crippen LogP contribution in [0.25, 0.3) is 0 Å². The number of piperazine rings is 1. The van der Waals surface area contributed by atoms with Gasteiger partial charge in [-0.2, -0.15) is 0 Å². The predicted octanol–water partition coefficient (Wildman–Crippen LogP) is 2.07. The zero-order valence-electron chi connectivity index (χ0n) is 14.5. The van der Waals surface area contributed by atoms with Crippen LogP contribution in [0.5, 0.6) is 0 Å². The maximum Gasteiger partial charge on any atom is 0.227 e. The van der Waals surface area contributed by atoms with Crippen LogP contribution in [0.2, 0.25) is 5.02 Å². The van der Waals surface area contributed by atoms with Gasteiger partial charge < -0.3 is 15.5 Å². The summed E-state index contributed by atoms with van der Waals surface area (Å²) in [6, 6.07) is 7.59. The van der Waals surface area contributed by atoms with E-state index in [0.717, 1.165) is 24.8 Å². The van der Waals surface area contributed by atoms with Crippen molar-refractivity contribution in [2.24, 2.45) is 11.7 Å². The fourth-order valence-electron chi connectivity index (χ4n) is 3.79. The third kappa shape index (κ3) is 4.53. The number of carbonyl (C=O) groups is 2. The van der Waals surface area contributed by atoms with Crippen LogP contribution in [-0.2, 0) is 16.0 Å². The molecule has 6 heteroatoms. The van der Waals surface area contributed by atoms with Crippen LogP contribution in [-0.4, -0.2) is 53.8 Å². The summed E-state index contributed by atoms with van der Waals surface area (Å²) in [6.45, 7) is 2.39. The normalized spacial score (nSPS) is 23.8. The van der Waals surface area contributed by atoms with Crippen LogP contribution < -0.4 is 5.73 Å². The number of rotatable bonds is 4. The van der Waals surface area contributed by atoms with Gasteiger partial charge >= 0.3 is 0 Å². The molecule has 3 rings (SSSR count). The number of carbonyl (C=O) groups excluding carboxylic acids is 2. The highest BCUT2D eigenvalue weighted by molar-refractivity contribution is 6.31. The summed E-state index contributed by atoms with van der Waals surface area (Å²) in [5.41, 5.74) is 6.92. The lowest BCUT2D eigenvalue weighted by Crippen LogP contribution is -2.51. The fourth-order valence-corrected chi connectivity index (χ4v) is 4.00. The SMILES string of the molecule is N[C@@H]1CCC[C@H]1CC(=O)N1CCN(C(=O)Cc2ccccc2Cl)CC1. The van der Waals surface area contributed by atoms with Gasteiger partial charge in [-0.3, -0.25) is 9.59 Å². The molecule has 0 unspecified atom stereocenters. The number of nitrogens with two attached hydrogens (primary N) is 1. The smallest absolute Gasteiger partial charge is 0.227 e. The van der Waals surface area contributed by atoms with E-state index in [-0.39, 0.29) is 17.9 Å². The molecular weight excluding hydrogens is 338 g/mol. The second-order valence-electron chi connectivity index (χ2n) is 7.09. The van der Waals surface area contributed by atoms with Crippen molar-refractivity contribution in [3.8, 4) is 0 Å². The maximum atomic E-state index is 12.5. The molecule has 5 nitrogen and oxygen atoms in total. The quantitative estimate of drug-likeness (QED) is 0.890. The second-order valence-corrected chi connectivity index (χ2v) is 7.50. The van der Waals surface area contributed by atoms with Gasteiger partial charge in [0, 0.05) is 43.7 Å². The van der Waals surface area contributed by atoms with Crippen molar-refractivity contribution in [1.82, 2.24) is 9.80 Å². The average molecular weight is 364 g/mol. The lowest BCUT2D eigenvalue weighted by molar-refractivity contribution is -0.139. The zero-order chi connectivity index (χ0) is 17.8. The molecule has 2 aliphatic rings. The first kappa shape index (κ1) is 18.2. The second kappa shape index (κ2) is 8.19. The molecular formula is C19H26ClN3O2. The lowest BCUT2D eigenvalue weighted by atomic mass is 9.99. The number of hydrogen-bond donors (Lipinski definition) is 1. The Hall–Kier alpha value is -1.59. The van der Waals surface area contributed by atoms with Gasteiger partial charge in [-0.1, -0.05) is 36.2 Å². The third-order valence-corrected chi connectivity index (χ3v) is 5.81. The first-order valence-corrected chi connectivity index (χ1v) is 9.47. The summed E-state index contributed by atoms with van der Waals surface area (Å²) in [7, 11) is 0. The summed E-state index contributed by atoms with van der Waals surface area (Å²) in [5, 5.41) is 0.623. The first-order chi connectivity index (χ1) is 12.0. The lowest BCUT2D eigenvalue weighted by Gasteiger charge is -2.35. The van der Waals surface area contributed by atoms with E-state index in [2.05, 4.69) is 0 Å². The minimum absolute atomic E-state index is 0.0676. The maximum absolute atomic E-state index is 12.5. The van der Waals surface area contributed by atoms with E-state index >= 15 is 0 Å². The minimum atomic E-state index is 0.0676. The van der Waals surface area contributed by atoms with Gasteiger partial charge in [0.1, 0.15) is 0 Å². The van der Waals surface area contributed by atoms with Gasteiger partial charge in [0.15, 0.2) is 0 Å². The topological polar surface area (TPSA) is 66.6 Å². The van der Waals surface area contributed by atoms with Crippen molar-refractivity contribution >= 4 is 23.4 Å². The summed E-state index contributed by atoms with van der Waals surface area (Å²) in [4.78, 5) is 28.6. The molecule has 0 spiro atoms. The Morgan fingerprint density at radius 2 is 1.68 bits per heavy atom. The van der Waals surface area contributed by atoms with Crippen molar-refractivity contribution in [1.29, 1.82) is 0 Å². The van der Waals surface area contributed by atoms with Crippen LogP contribution >= 0.6 is 11.6 Å². The summed E-state index contributed by atoms with van der Waals surface area (Å²) >= 11 is 6.13. The van der Waals surface area contributed by atoms with Gasteiger partial charge in [0.25, 0.3) is 0 Å². The molecule has 1 aliphatic carbocycles. The van der Waals surface area contributed by atoms with Crippen molar-refractivity contribution in [3.63, 3.8) is 0 Å². The fraction of sp³-hybridized carbons (Fsp3) is 0.579. The van der Waals surface area contributed by atoms with Crippen molar-refractivity contribution < 1.29 is 9.59 Å². The Balaban J connectivity index is 1.47. The van der Waals surface area contributed by atoms with Crippen molar-refractivity contribution in [2.75, 3.05) is 26.2 Å². The van der Waals surface area contributed by atoms with Gasteiger partial charge in [0.2, 0.25) is 11.8 Å². The summed E-state index contributed by atoms with van der Waals surface area (Å²) in [6.07, 6.45) is 4.08. The molecule has 1 saturated carbocycles. The molecule has 25 heavy (non-hydrogen) atoms. The summed E-state index contributed by atoms with van der Waals surface area (Å²) in [5.74, 6) is 0.575. The monoisotopic (exact) mass is 363 g/mol. The van der Waals surface area contributed by atoms with Gasteiger partial charge in [-0.15, -0.1) is 0 Å². The average Bonchev–Trinajstić information content (AvgIpc) is 3.02. The molecule has 0 radical (unpaired) electrons. The van der Waals surface area contributed by atoms with Crippen LogP contribution in [0.1, 0.15) is 31.2 Å². The molecule has 0 bridgehead atoms. The molecule has 1 saturated heterocycles. The molecule has 2 amide bonds. The highest BCUT2D eigenvalue weighted by Gasteiger charge is 2.30. The zero-order valence-corrected chi connectivity index (χ0v) is 15.3.